The van der Waals surface area contributed by atoms with Crippen LogP contribution in [0.15, 0.2) is 42.5 Å². The van der Waals surface area contributed by atoms with Gasteiger partial charge in [-0.25, -0.2) is 0 Å². The van der Waals surface area contributed by atoms with Crippen molar-refractivity contribution in [3.63, 3.8) is 0 Å². The molecule has 0 aromatic heterocycles. The maximum atomic E-state index is 10.1. The molecule has 0 saturated carbocycles. The number of hydrogen-bond donors (Lipinski definition) is 2. The smallest absolute Gasteiger partial charge is 0.178 e. The molecule has 0 aliphatic carbocycles. The van der Waals surface area contributed by atoms with Gasteiger partial charge in [-0.15, -0.1) is 0 Å². The monoisotopic (exact) mass is 326 g/mol. The Hall–Kier alpha value is -2.55. The quantitative estimate of drug-likeness (QED) is 0.729. The van der Waals surface area contributed by atoms with Crippen molar-refractivity contribution in [3.8, 4) is 17.6 Å². The minimum Gasteiger partial charge on any atom is -0.493 e. The van der Waals surface area contributed by atoms with E-state index >= 15 is 0 Å². The summed E-state index contributed by atoms with van der Waals surface area (Å²) >= 11 is 0. The zero-order valence-electron chi connectivity index (χ0n) is 14.0. The van der Waals surface area contributed by atoms with E-state index in [4.69, 9.17) is 9.47 Å². The average Bonchev–Trinajstić information content (AvgIpc) is 2.64. The fourth-order valence-electron chi connectivity index (χ4n) is 2.55. The van der Waals surface area contributed by atoms with Crippen molar-refractivity contribution in [2.45, 2.75) is 12.5 Å². The maximum absolute atomic E-state index is 10.1. The Morgan fingerprint density at radius 1 is 1.12 bits per heavy atom. The van der Waals surface area contributed by atoms with Gasteiger partial charge in [-0.2, -0.15) is 5.26 Å². The largest absolute Gasteiger partial charge is 0.493 e. The van der Waals surface area contributed by atoms with E-state index in [9.17, 15) is 10.4 Å². The van der Waals surface area contributed by atoms with Gasteiger partial charge >= 0.3 is 0 Å². The summed E-state index contributed by atoms with van der Waals surface area (Å²) in [5, 5.41) is 22.7. The van der Waals surface area contributed by atoms with Gasteiger partial charge in [0, 0.05) is 6.54 Å². The van der Waals surface area contributed by atoms with Crippen molar-refractivity contribution in [1.29, 1.82) is 5.26 Å². The van der Waals surface area contributed by atoms with Gasteiger partial charge < -0.3 is 19.9 Å². The van der Waals surface area contributed by atoms with Gasteiger partial charge in [-0.3, -0.25) is 0 Å². The van der Waals surface area contributed by atoms with Crippen LogP contribution in [-0.2, 0) is 6.42 Å². The number of nitrogens with one attached hydrogen (secondary N) is 1. The summed E-state index contributed by atoms with van der Waals surface area (Å²) in [6.45, 7) is 1.10. The molecule has 24 heavy (non-hydrogen) atoms. The van der Waals surface area contributed by atoms with E-state index in [0.717, 1.165) is 11.1 Å². The number of aliphatic hydroxyl groups is 1. The molecular formula is C19H22N2O3. The highest BCUT2D eigenvalue weighted by molar-refractivity contribution is 5.56. The van der Waals surface area contributed by atoms with Crippen LogP contribution in [0.5, 0.6) is 11.5 Å². The summed E-state index contributed by atoms with van der Waals surface area (Å²) in [6.07, 6.45) is 0.108. The molecule has 0 unspecified atom stereocenters. The lowest BCUT2D eigenvalue weighted by Crippen LogP contribution is -2.24. The van der Waals surface area contributed by atoms with E-state index in [0.29, 0.717) is 36.6 Å². The second-order valence-electron chi connectivity index (χ2n) is 5.33. The van der Waals surface area contributed by atoms with Gasteiger partial charge in [0.25, 0.3) is 0 Å². The third-order valence-corrected chi connectivity index (χ3v) is 3.84. The van der Waals surface area contributed by atoms with Crippen LogP contribution in [0.2, 0.25) is 0 Å². The van der Waals surface area contributed by atoms with E-state index in [1.807, 2.05) is 36.4 Å². The predicted molar refractivity (Wildman–Crippen MR) is 92.2 cm³/mol. The van der Waals surface area contributed by atoms with Crippen molar-refractivity contribution in [3.05, 3.63) is 59.2 Å². The SMILES string of the molecule is COc1ccc(CCNC[C@@H](O)c2ccccc2)c(C#N)c1OC. The van der Waals surface area contributed by atoms with Crippen LogP contribution in [0.25, 0.3) is 0 Å². The zero-order chi connectivity index (χ0) is 17.4. The van der Waals surface area contributed by atoms with Crippen molar-refractivity contribution in [2.24, 2.45) is 0 Å². The molecule has 126 valence electrons. The highest BCUT2D eigenvalue weighted by atomic mass is 16.5. The molecule has 0 aliphatic heterocycles. The van der Waals surface area contributed by atoms with Crippen LogP contribution < -0.4 is 14.8 Å². The topological polar surface area (TPSA) is 74.5 Å². The molecule has 0 fully saturated rings. The Morgan fingerprint density at radius 3 is 2.50 bits per heavy atom. The molecule has 2 rings (SSSR count). The molecule has 0 amide bonds. The van der Waals surface area contributed by atoms with Crippen molar-refractivity contribution in [2.75, 3.05) is 27.3 Å². The fourth-order valence-corrected chi connectivity index (χ4v) is 2.55. The van der Waals surface area contributed by atoms with Crippen molar-refractivity contribution in [1.82, 2.24) is 5.32 Å². The Labute approximate surface area is 142 Å². The minimum absolute atomic E-state index is 0.458. The average molecular weight is 326 g/mol. The number of hydrogen-bond acceptors (Lipinski definition) is 5. The number of nitriles is 1. The summed E-state index contributed by atoms with van der Waals surface area (Å²) in [5.74, 6) is 1.01. The molecule has 0 aliphatic rings. The van der Waals surface area contributed by atoms with E-state index in [1.54, 1.807) is 13.2 Å². The summed E-state index contributed by atoms with van der Waals surface area (Å²) in [6, 6.07) is 15.4. The van der Waals surface area contributed by atoms with Gasteiger partial charge in [-0.1, -0.05) is 36.4 Å². The minimum atomic E-state index is -0.549. The summed E-state index contributed by atoms with van der Waals surface area (Å²) in [5.41, 5.74) is 2.26. The van der Waals surface area contributed by atoms with Crippen molar-refractivity contribution < 1.29 is 14.6 Å². The lowest BCUT2D eigenvalue weighted by molar-refractivity contribution is 0.175. The van der Waals surface area contributed by atoms with Gasteiger partial charge in [0.1, 0.15) is 11.6 Å². The summed E-state index contributed by atoms with van der Waals surface area (Å²) in [4.78, 5) is 0. The predicted octanol–water partition coefficient (Wildman–Crippen LogP) is 2.44. The zero-order valence-corrected chi connectivity index (χ0v) is 14.0. The first-order valence-electron chi connectivity index (χ1n) is 7.79. The second kappa shape index (κ2) is 8.92. The van der Waals surface area contributed by atoms with Crippen LogP contribution in [-0.4, -0.2) is 32.4 Å². The van der Waals surface area contributed by atoms with Gasteiger partial charge in [0.2, 0.25) is 0 Å². The molecular weight excluding hydrogens is 304 g/mol. The molecule has 5 nitrogen and oxygen atoms in total. The number of ether oxygens (including phenoxy) is 2. The second-order valence-corrected chi connectivity index (χ2v) is 5.33. The molecule has 0 saturated heterocycles. The summed E-state index contributed by atoms with van der Waals surface area (Å²) < 4.78 is 10.5. The first-order valence-corrected chi connectivity index (χ1v) is 7.79. The highest BCUT2D eigenvalue weighted by Gasteiger charge is 2.14. The van der Waals surface area contributed by atoms with Crippen LogP contribution in [0.1, 0.15) is 22.8 Å². The Bertz CT molecular complexity index is 696. The molecule has 2 aromatic carbocycles. The van der Waals surface area contributed by atoms with E-state index in [1.165, 1.54) is 7.11 Å². The molecule has 0 bridgehead atoms. The van der Waals surface area contributed by atoms with E-state index in [-0.39, 0.29) is 0 Å². The highest BCUT2D eigenvalue weighted by Crippen LogP contribution is 2.32. The van der Waals surface area contributed by atoms with Crippen LogP contribution >= 0.6 is 0 Å². The molecule has 5 heteroatoms. The molecule has 2 N–H and O–H groups in total. The van der Waals surface area contributed by atoms with Gasteiger partial charge in [0.15, 0.2) is 11.5 Å². The molecule has 0 radical (unpaired) electrons. The van der Waals surface area contributed by atoms with E-state index in [2.05, 4.69) is 11.4 Å². The third kappa shape index (κ3) is 4.25. The fraction of sp³-hybridized carbons (Fsp3) is 0.316. The Balaban J connectivity index is 1.94. The molecule has 0 spiro atoms. The molecule has 2 aromatic rings. The molecule has 1 atom stereocenters. The van der Waals surface area contributed by atoms with Crippen LogP contribution in [0, 0.1) is 11.3 Å². The van der Waals surface area contributed by atoms with Crippen LogP contribution in [0.4, 0.5) is 0 Å². The maximum Gasteiger partial charge on any atom is 0.178 e. The number of benzene rings is 2. The lowest BCUT2D eigenvalue weighted by Gasteiger charge is -2.14. The van der Waals surface area contributed by atoms with Gasteiger partial charge in [0.05, 0.1) is 20.3 Å². The lowest BCUT2D eigenvalue weighted by atomic mass is 10.0. The first-order chi connectivity index (χ1) is 11.7. The van der Waals surface area contributed by atoms with E-state index < -0.39 is 6.10 Å². The number of methoxy groups -OCH3 is 2. The summed E-state index contributed by atoms with van der Waals surface area (Å²) in [7, 11) is 3.07. The number of aliphatic hydroxyl groups excluding tert-OH is 1. The first kappa shape index (κ1) is 17.8. The van der Waals surface area contributed by atoms with Crippen molar-refractivity contribution >= 4 is 0 Å². The van der Waals surface area contributed by atoms with Gasteiger partial charge in [-0.05, 0) is 30.2 Å². The Morgan fingerprint density at radius 2 is 1.88 bits per heavy atom. The van der Waals surface area contributed by atoms with Crippen LogP contribution in [0.3, 0.4) is 0 Å². The number of nitrogens with zero attached hydrogens (tertiary/aromatic N) is 1. The standard InChI is InChI=1S/C19H22N2O3/c1-23-18-9-8-14(16(12-20)19(18)24-2)10-11-21-13-17(22)15-6-4-3-5-7-15/h3-9,17,21-22H,10-11,13H2,1-2H3/t17-/m1/s1. The molecule has 0 heterocycles. The Kier molecular flexibility index (Phi) is 6.62. The number of rotatable bonds is 8. The normalized spacial score (nSPS) is 11.6. The third-order valence-electron chi connectivity index (χ3n) is 3.84.